The molecule has 0 saturated heterocycles. The summed E-state index contributed by atoms with van der Waals surface area (Å²) >= 11 is 0. The molecule has 5 nitrogen and oxygen atoms in total. The van der Waals surface area contributed by atoms with Gasteiger partial charge in [0.25, 0.3) is 0 Å². The van der Waals surface area contributed by atoms with Crippen LogP contribution < -0.4 is 0 Å². The number of nitrogens with zero attached hydrogens (tertiary/aromatic N) is 3. The quantitative estimate of drug-likeness (QED) is 0.356. The number of hydrogen-bond donors (Lipinski definition) is 0. The highest BCUT2D eigenvalue weighted by Gasteiger charge is 2.23. The Morgan fingerprint density at radius 3 is 2.89 bits per heavy atom. The van der Waals surface area contributed by atoms with Crippen LogP contribution in [-0.2, 0) is 0 Å². The fraction of sp³-hybridized carbons (Fsp3) is 0.750. The van der Waals surface area contributed by atoms with Crippen molar-refractivity contribution in [2.45, 2.75) is 6.17 Å². The van der Waals surface area contributed by atoms with E-state index in [1.54, 1.807) is 11.9 Å². The van der Waals surface area contributed by atoms with Gasteiger partial charge in [-0.15, -0.1) is 0 Å². The molecule has 0 N–H and O–H groups in total. The van der Waals surface area contributed by atoms with Gasteiger partial charge in [0.05, 0.1) is 6.34 Å². The van der Waals surface area contributed by atoms with E-state index in [0.29, 0.717) is 6.54 Å². The Hall–Kier alpha value is -1.13. The summed E-state index contributed by atoms with van der Waals surface area (Å²) in [5, 5.41) is 10.0. The Kier molecular flexibility index (Phi) is 1.33. The molecule has 0 aromatic rings. The SMILES string of the molecule is CN1C=NC([N+](=O)[O-])C1. The maximum Gasteiger partial charge on any atom is 0.322 e. The van der Waals surface area contributed by atoms with Crippen molar-refractivity contribution in [1.82, 2.24) is 4.90 Å². The molecule has 0 aromatic heterocycles. The van der Waals surface area contributed by atoms with Crippen LogP contribution >= 0.6 is 0 Å². The molecule has 0 bridgehead atoms. The van der Waals surface area contributed by atoms with Gasteiger partial charge in [-0.25, -0.2) is 4.99 Å². The molecule has 0 aliphatic carbocycles. The van der Waals surface area contributed by atoms with Gasteiger partial charge in [0, 0.05) is 12.0 Å². The highest BCUT2D eigenvalue weighted by atomic mass is 16.6. The molecule has 9 heavy (non-hydrogen) atoms. The van der Waals surface area contributed by atoms with Crippen LogP contribution in [0.25, 0.3) is 0 Å². The average molecular weight is 129 g/mol. The summed E-state index contributed by atoms with van der Waals surface area (Å²) < 4.78 is 0. The lowest BCUT2D eigenvalue weighted by molar-refractivity contribution is -0.517. The number of rotatable bonds is 1. The molecule has 0 saturated carbocycles. The summed E-state index contributed by atoms with van der Waals surface area (Å²) in [6.07, 6.45) is 0.739. The Balaban J connectivity index is 2.50. The van der Waals surface area contributed by atoms with Crippen molar-refractivity contribution in [1.29, 1.82) is 0 Å². The second-order valence-electron chi connectivity index (χ2n) is 1.97. The van der Waals surface area contributed by atoms with Crippen LogP contribution in [0, 0.1) is 10.1 Å². The fourth-order valence-corrected chi connectivity index (χ4v) is 0.664. The largest absolute Gasteiger partial charge is 0.357 e. The molecule has 0 fully saturated rings. The van der Waals surface area contributed by atoms with E-state index in [1.165, 1.54) is 6.34 Å². The van der Waals surface area contributed by atoms with Crippen LogP contribution in [0.3, 0.4) is 0 Å². The molecule has 1 unspecified atom stereocenters. The highest BCUT2D eigenvalue weighted by molar-refractivity contribution is 5.56. The third-order valence-corrected chi connectivity index (χ3v) is 1.13. The van der Waals surface area contributed by atoms with E-state index in [4.69, 9.17) is 0 Å². The van der Waals surface area contributed by atoms with Crippen LogP contribution in [0.4, 0.5) is 0 Å². The maximum absolute atomic E-state index is 10.0. The van der Waals surface area contributed by atoms with E-state index in [9.17, 15) is 10.1 Å². The monoisotopic (exact) mass is 129 g/mol. The summed E-state index contributed by atoms with van der Waals surface area (Å²) in [5.41, 5.74) is 0. The van der Waals surface area contributed by atoms with E-state index in [-0.39, 0.29) is 4.92 Å². The Morgan fingerprint density at radius 1 is 2.00 bits per heavy atom. The van der Waals surface area contributed by atoms with E-state index < -0.39 is 6.17 Å². The summed E-state index contributed by atoms with van der Waals surface area (Å²) in [7, 11) is 1.76. The third kappa shape index (κ3) is 1.16. The van der Waals surface area contributed by atoms with Gasteiger partial charge in [0.1, 0.15) is 6.54 Å². The van der Waals surface area contributed by atoms with Gasteiger partial charge < -0.3 is 4.90 Å². The van der Waals surface area contributed by atoms with Crippen molar-refractivity contribution in [2.24, 2.45) is 4.99 Å². The Labute approximate surface area is 52.1 Å². The normalized spacial score (nSPS) is 25.0. The van der Waals surface area contributed by atoms with E-state index >= 15 is 0 Å². The predicted molar refractivity (Wildman–Crippen MR) is 31.9 cm³/mol. The van der Waals surface area contributed by atoms with E-state index in [2.05, 4.69) is 4.99 Å². The van der Waals surface area contributed by atoms with Crippen molar-refractivity contribution < 1.29 is 4.92 Å². The number of hydrogen-bond acceptors (Lipinski definition) is 4. The molecular formula is C4H7N3O2. The molecule has 1 heterocycles. The number of nitro groups is 1. The minimum absolute atomic E-state index is 0.389. The summed E-state index contributed by atoms with van der Waals surface area (Å²) in [4.78, 5) is 14.9. The van der Waals surface area contributed by atoms with Gasteiger partial charge in [0.2, 0.25) is 0 Å². The lowest BCUT2D eigenvalue weighted by atomic mass is 10.5. The van der Waals surface area contributed by atoms with Gasteiger partial charge >= 0.3 is 6.17 Å². The number of aliphatic imine (C=N–C) groups is 1. The van der Waals surface area contributed by atoms with Gasteiger partial charge in [0.15, 0.2) is 0 Å². The van der Waals surface area contributed by atoms with Crippen LogP contribution in [0.1, 0.15) is 0 Å². The standard InChI is InChI=1S/C4H7N3O2/c1-6-2-4(5-3-6)7(8)9/h3-4H,2H2,1H3. The molecule has 0 aromatic carbocycles. The Morgan fingerprint density at radius 2 is 2.67 bits per heavy atom. The first-order valence-corrected chi connectivity index (χ1v) is 2.57. The molecule has 1 aliphatic heterocycles. The second kappa shape index (κ2) is 2.00. The second-order valence-corrected chi connectivity index (χ2v) is 1.97. The topological polar surface area (TPSA) is 58.7 Å². The van der Waals surface area contributed by atoms with Crippen molar-refractivity contribution in [3.63, 3.8) is 0 Å². The lowest BCUT2D eigenvalue weighted by Crippen LogP contribution is -2.24. The zero-order valence-electron chi connectivity index (χ0n) is 5.02. The van der Waals surface area contributed by atoms with E-state index in [0.717, 1.165) is 0 Å². The molecule has 1 aliphatic rings. The predicted octanol–water partition coefficient (Wildman–Crippen LogP) is -0.437. The van der Waals surface area contributed by atoms with Crippen LogP contribution in [0.5, 0.6) is 0 Å². The van der Waals surface area contributed by atoms with Gasteiger partial charge in [-0.05, 0) is 0 Å². The molecule has 0 radical (unpaired) electrons. The molecule has 5 heteroatoms. The lowest BCUT2D eigenvalue weighted by Gasteiger charge is -2.02. The maximum atomic E-state index is 10.0. The first-order chi connectivity index (χ1) is 4.20. The van der Waals surface area contributed by atoms with Crippen molar-refractivity contribution in [3.8, 4) is 0 Å². The molecular weight excluding hydrogens is 122 g/mol. The summed E-state index contributed by atoms with van der Waals surface area (Å²) in [6, 6.07) is 0. The van der Waals surface area contributed by atoms with Crippen molar-refractivity contribution in [3.05, 3.63) is 10.1 Å². The van der Waals surface area contributed by atoms with Crippen molar-refractivity contribution in [2.75, 3.05) is 13.6 Å². The van der Waals surface area contributed by atoms with Crippen LogP contribution in [-0.4, -0.2) is 35.9 Å². The van der Waals surface area contributed by atoms with Gasteiger partial charge in [-0.3, -0.25) is 10.1 Å². The molecule has 1 atom stereocenters. The fourth-order valence-electron chi connectivity index (χ4n) is 0.664. The zero-order chi connectivity index (χ0) is 6.85. The van der Waals surface area contributed by atoms with E-state index in [1.807, 2.05) is 0 Å². The molecule has 50 valence electrons. The van der Waals surface area contributed by atoms with Gasteiger partial charge in [-0.1, -0.05) is 0 Å². The number of likely N-dealkylation sites (N-methyl/N-ethyl adjacent to an activating group) is 1. The minimum Gasteiger partial charge on any atom is -0.357 e. The van der Waals surface area contributed by atoms with Crippen molar-refractivity contribution >= 4 is 6.34 Å². The molecule has 0 spiro atoms. The van der Waals surface area contributed by atoms with Crippen LogP contribution in [0.15, 0.2) is 4.99 Å². The minimum atomic E-state index is -0.741. The summed E-state index contributed by atoms with van der Waals surface area (Å²) in [6.45, 7) is 0.396. The summed E-state index contributed by atoms with van der Waals surface area (Å²) in [5.74, 6) is 0. The first-order valence-electron chi connectivity index (χ1n) is 2.57. The molecule has 1 rings (SSSR count). The van der Waals surface area contributed by atoms with Gasteiger partial charge in [-0.2, -0.15) is 0 Å². The zero-order valence-corrected chi connectivity index (χ0v) is 5.02. The highest BCUT2D eigenvalue weighted by Crippen LogP contribution is 2.00. The third-order valence-electron chi connectivity index (χ3n) is 1.13. The van der Waals surface area contributed by atoms with Crippen LogP contribution in [0.2, 0.25) is 0 Å². The smallest absolute Gasteiger partial charge is 0.322 e. The molecule has 0 amide bonds. The Bertz CT molecular complexity index is 156. The first kappa shape index (κ1) is 6.00. The average Bonchev–Trinajstić information content (AvgIpc) is 2.14.